The van der Waals surface area contributed by atoms with E-state index in [-0.39, 0.29) is 29.8 Å². The lowest BCUT2D eigenvalue weighted by Gasteiger charge is -2.60. The zero-order valence-electron chi connectivity index (χ0n) is 20.6. The highest BCUT2D eigenvalue weighted by Crippen LogP contribution is 2.62. The summed E-state index contributed by atoms with van der Waals surface area (Å²) in [5.74, 6) is 0.0169. The molecule has 5 N–H and O–H groups in total. The van der Waals surface area contributed by atoms with Crippen LogP contribution in [0.3, 0.4) is 0 Å². The maximum absolute atomic E-state index is 11.9. The van der Waals surface area contributed by atoms with Crippen molar-refractivity contribution < 1.29 is 44.5 Å². The molecule has 0 spiro atoms. The monoisotopic (exact) mass is 496 g/mol. The van der Waals surface area contributed by atoms with Gasteiger partial charge in [-0.1, -0.05) is 26.0 Å². The van der Waals surface area contributed by atoms with E-state index in [1.807, 2.05) is 13.0 Å². The van der Waals surface area contributed by atoms with Crippen molar-refractivity contribution in [2.75, 3.05) is 19.8 Å². The first-order chi connectivity index (χ1) is 16.5. The highest BCUT2D eigenvalue weighted by atomic mass is 16.7. The van der Waals surface area contributed by atoms with E-state index in [0.717, 1.165) is 25.7 Å². The standard InChI is InChI=1S/C26H40O9/c1-14-4-7-18-25(2,16(14)6-5-15-9-11-33-23(15)32)10-8-19(28)26(18,3)13-34-24-22(31)21(30)20(29)17(12-27)35-24/h9,16-22,24,27-31H,1,4-8,10-13H2,2-3H3/t16-,17-,18?,19-,20-,21+,22-,24-,25+,26+/m1/s1. The largest absolute Gasteiger partial charge is 0.458 e. The summed E-state index contributed by atoms with van der Waals surface area (Å²) in [6.45, 7) is 8.48. The average Bonchev–Trinajstić information content (AvgIpc) is 3.24. The van der Waals surface area contributed by atoms with E-state index in [1.54, 1.807) is 0 Å². The van der Waals surface area contributed by atoms with Crippen molar-refractivity contribution in [3.63, 3.8) is 0 Å². The van der Waals surface area contributed by atoms with Crippen LogP contribution in [0, 0.1) is 22.7 Å². The van der Waals surface area contributed by atoms with Crippen LogP contribution in [0.2, 0.25) is 0 Å². The van der Waals surface area contributed by atoms with Crippen molar-refractivity contribution >= 4 is 5.97 Å². The Morgan fingerprint density at radius 2 is 1.89 bits per heavy atom. The van der Waals surface area contributed by atoms with Gasteiger partial charge in [0.25, 0.3) is 0 Å². The number of esters is 1. The quantitative estimate of drug-likeness (QED) is 0.255. The predicted molar refractivity (Wildman–Crippen MR) is 125 cm³/mol. The number of ether oxygens (including phenoxy) is 3. The van der Waals surface area contributed by atoms with Gasteiger partial charge in [-0.25, -0.2) is 4.79 Å². The molecule has 3 fully saturated rings. The fourth-order valence-electron chi connectivity index (χ4n) is 7.08. The molecule has 0 aromatic carbocycles. The number of hydrogen-bond donors (Lipinski definition) is 5. The summed E-state index contributed by atoms with van der Waals surface area (Å²) in [6, 6.07) is 0. The third-order valence-corrected chi connectivity index (χ3v) is 9.27. The number of cyclic esters (lactones) is 1. The van der Waals surface area contributed by atoms with Gasteiger partial charge in [0, 0.05) is 11.0 Å². The fourth-order valence-corrected chi connectivity index (χ4v) is 7.08. The smallest absolute Gasteiger partial charge is 0.334 e. The average molecular weight is 497 g/mol. The van der Waals surface area contributed by atoms with Crippen LogP contribution in [0.4, 0.5) is 0 Å². The normalized spacial score (nSPS) is 46.2. The lowest BCUT2D eigenvalue weighted by molar-refractivity contribution is -0.313. The first kappa shape index (κ1) is 26.7. The van der Waals surface area contributed by atoms with Crippen LogP contribution >= 0.6 is 0 Å². The maximum Gasteiger partial charge on any atom is 0.334 e. The van der Waals surface area contributed by atoms with Crippen molar-refractivity contribution in [2.45, 2.75) is 89.2 Å². The molecule has 2 saturated carbocycles. The van der Waals surface area contributed by atoms with E-state index in [1.165, 1.54) is 5.57 Å². The second-order valence-corrected chi connectivity index (χ2v) is 11.2. The number of fused-ring (bicyclic) bond motifs is 1. The van der Waals surface area contributed by atoms with Gasteiger partial charge in [-0.2, -0.15) is 0 Å². The lowest BCUT2D eigenvalue weighted by atomic mass is 9.46. The molecule has 0 radical (unpaired) electrons. The lowest BCUT2D eigenvalue weighted by Crippen LogP contribution is -2.61. The van der Waals surface area contributed by atoms with Crippen LogP contribution in [0.25, 0.3) is 0 Å². The van der Waals surface area contributed by atoms with Gasteiger partial charge in [0.15, 0.2) is 6.29 Å². The zero-order chi connectivity index (χ0) is 25.5. The molecule has 0 aromatic heterocycles. The van der Waals surface area contributed by atoms with E-state index in [4.69, 9.17) is 14.2 Å². The summed E-state index contributed by atoms with van der Waals surface area (Å²) in [5.41, 5.74) is 1.07. The molecular formula is C26H40O9. The van der Waals surface area contributed by atoms with Crippen LogP contribution in [-0.4, -0.2) is 88.1 Å². The topological polar surface area (TPSA) is 146 Å². The predicted octanol–water partition coefficient (Wildman–Crippen LogP) is 0.816. The Hall–Kier alpha value is -1.33. The van der Waals surface area contributed by atoms with Crippen molar-refractivity contribution in [1.82, 2.24) is 0 Å². The number of carbonyl (C=O) groups excluding carboxylic acids is 1. The third-order valence-electron chi connectivity index (χ3n) is 9.27. The third kappa shape index (κ3) is 4.72. The Balaban J connectivity index is 1.50. The van der Waals surface area contributed by atoms with E-state index < -0.39 is 48.8 Å². The van der Waals surface area contributed by atoms with Gasteiger partial charge in [-0.05, 0) is 61.9 Å². The highest BCUT2D eigenvalue weighted by molar-refractivity contribution is 5.90. The van der Waals surface area contributed by atoms with E-state index >= 15 is 0 Å². The summed E-state index contributed by atoms with van der Waals surface area (Å²) in [6.07, 6.45) is -1.06. The van der Waals surface area contributed by atoms with Gasteiger partial charge in [0.05, 0.1) is 19.3 Å². The summed E-state index contributed by atoms with van der Waals surface area (Å²) in [4.78, 5) is 11.9. The first-order valence-electron chi connectivity index (χ1n) is 12.7. The molecule has 0 amide bonds. The summed E-state index contributed by atoms with van der Waals surface area (Å²) >= 11 is 0. The Morgan fingerprint density at radius 3 is 2.54 bits per heavy atom. The minimum absolute atomic E-state index is 0.0772. The molecule has 0 bridgehead atoms. The molecule has 2 aliphatic carbocycles. The zero-order valence-corrected chi connectivity index (χ0v) is 20.6. The van der Waals surface area contributed by atoms with E-state index in [0.29, 0.717) is 25.0 Å². The molecule has 198 valence electrons. The molecule has 0 aromatic rings. The van der Waals surface area contributed by atoms with Gasteiger partial charge in [-0.15, -0.1) is 0 Å². The van der Waals surface area contributed by atoms with Crippen LogP contribution in [0.1, 0.15) is 52.4 Å². The Morgan fingerprint density at radius 1 is 1.14 bits per heavy atom. The van der Waals surface area contributed by atoms with Crippen molar-refractivity contribution in [3.8, 4) is 0 Å². The van der Waals surface area contributed by atoms with Gasteiger partial charge in [0.2, 0.25) is 0 Å². The van der Waals surface area contributed by atoms with Gasteiger partial charge < -0.3 is 39.7 Å². The van der Waals surface area contributed by atoms with Crippen LogP contribution < -0.4 is 0 Å². The Bertz CT molecular complexity index is 841. The minimum atomic E-state index is -1.51. The summed E-state index contributed by atoms with van der Waals surface area (Å²) in [7, 11) is 0. The highest BCUT2D eigenvalue weighted by Gasteiger charge is 2.58. The maximum atomic E-state index is 11.9. The van der Waals surface area contributed by atoms with Crippen LogP contribution in [-0.2, 0) is 19.0 Å². The van der Waals surface area contributed by atoms with Gasteiger partial charge in [0.1, 0.15) is 31.0 Å². The molecule has 9 nitrogen and oxygen atoms in total. The van der Waals surface area contributed by atoms with Crippen LogP contribution in [0.15, 0.2) is 23.8 Å². The number of aliphatic hydroxyl groups is 5. The summed E-state index contributed by atoms with van der Waals surface area (Å²) < 4.78 is 16.5. The molecule has 2 heterocycles. The minimum Gasteiger partial charge on any atom is -0.458 e. The molecule has 9 heteroatoms. The summed E-state index contributed by atoms with van der Waals surface area (Å²) in [5, 5.41) is 51.2. The van der Waals surface area contributed by atoms with Crippen molar-refractivity contribution in [1.29, 1.82) is 0 Å². The number of hydrogen-bond acceptors (Lipinski definition) is 9. The molecular weight excluding hydrogens is 456 g/mol. The molecule has 1 saturated heterocycles. The van der Waals surface area contributed by atoms with Crippen molar-refractivity contribution in [3.05, 3.63) is 23.8 Å². The number of aliphatic hydroxyl groups excluding tert-OH is 5. The van der Waals surface area contributed by atoms with E-state index in [2.05, 4.69) is 13.5 Å². The SMILES string of the molecule is C=C1CCC2[C@](C)(CO[C@@H]3O[C@H](CO)[C@@H](O)[C@H](O)[C@H]3O)[C@H](O)CC[C@@]2(C)[C@@H]1CCC1=CCOC1=O. The number of rotatable bonds is 7. The van der Waals surface area contributed by atoms with Gasteiger partial charge in [-0.3, -0.25) is 0 Å². The molecule has 35 heavy (non-hydrogen) atoms. The second kappa shape index (κ2) is 10.2. The fraction of sp³-hybridized carbons (Fsp3) is 0.808. The van der Waals surface area contributed by atoms with E-state index in [9.17, 15) is 30.3 Å². The van der Waals surface area contributed by atoms with Crippen molar-refractivity contribution in [2.24, 2.45) is 22.7 Å². The van der Waals surface area contributed by atoms with Crippen LogP contribution in [0.5, 0.6) is 0 Å². The first-order valence-corrected chi connectivity index (χ1v) is 12.7. The number of allylic oxidation sites excluding steroid dienone is 1. The Labute approximate surface area is 206 Å². The second-order valence-electron chi connectivity index (χ2n) is 11.2. The molecule has 2 aliphatic heterocycles. The van der Waals surface area contributed by atoms with Gasteiger partial charge >= 0.3 is 5.97 Å². The Kier molecular flexibility index (Phi) is 7.79. The molecule has 4 rings (SSSR count). The molecule has 10 atom stereocenters. The number of carbonyl (C=O) groups is 1. The molecule has 4 aliphatic rings. The molecule has 1 unspecified atom stereocenters.